The van der Waals surface area contributed by atoms with Gasteiger partial charge in [0.1, 0.15) is 17.3 Å². The number of carbonyl (C=O) groups is 2. The van der Waals surface area contributed by atoms with Crippen LogP contribution in [0.2, 0.25) is 5.02 Å². The summed E-state index contributed by atoms with van der Waals surface area (Å²) in [5.74, 6) is -3.87. The predicted octanol–water partition coefficient (Wildman–Crippen LogP) is 7.06. The first-order valence-electron chi connectivity index (χ1n) is 11.7. The van der Waals surface area contributed by atoms with Crippen molar-refractivity contribution in [2.24, 2.45) is 7.05 Å². The first-order valence-corrected chi connectivity index (χ1v) is 12.1. The summed E-state index contributed by atoms with van der Waals surface area (Å²) >= 11 is 6.27. The number of aryl methyl sites for hydroxylation is 1. The van der Waals surface area contributed by atoms with E-state index < -0.39 is 58.9 Å². The summed E-state index contributed by atoms with van der Waals surface area (Å²) in [6.07, 6.45) is -7.86. The fourth-order valence-electron chi connectivity index (χ4n) is 4.60. The second kappa shape index (κ2) is 10.2. The third-order valence-corrected chi connectivity index (χ3v) is 6.76. The summed E-state index contributed by atoms with van der Waals surface area (Å²) in [5.41, 5.74) is -2.44. The van der Waals surface area contributed by atoms with Crippen LogP contribution in [0.15, 0.2) is 54.6 Å². The maximum atomic E-state index is 14.1. The molecule has 0 radical (unpaired) electrons. The van der Waals surface area contributed by atoms with Crippen LogP contribution in [-0.2, 0) is 13.2 Å². The second-order valence-corrected chi connectivity index (χ2v) is 9.52. The third-order valence-electron chi connectivity index (χ3n) is 6.41. The number of carbonyl (C=O) groups excluding carboxylic acids is 2. The van der Waals surface area contributed by atoms with Crippen molar-refractivity contribution in [3.8, 4) is 11.3 Å². The van der Waals surface area contributed by atoms with Crippen molar-refractivity contribution in [2.75, 3.05) is 5.32 Å². The van der Waals surface area contributed by atoms with Crippen molar-refractivity contribution in [3.05, 3.63) is 105 Å². The number of aromatic nitrogens is 2. The molecule has 2 amide bonds. The average molecular weight is 597 g/mol. The SMILES string of the molecule is Cn1nc(C(F)F)cc1-c1cc(NC(=O)c2cc(F)cc(C(F)(F)F)c2)c2c(c1)C(=O)N[C@@H]2c1cc(F)ccc1Cl. The van der Waals surface area contributed by atoms with Gasteiger partial charge in [-0.2, -0.15) is 18.3 Å². The molecule has 1 atom stereocenters. The number of fused-ring (bicyclic) bond motifs is 1. The van der Waals surface area contributed by atoms with E-state index in [0.717, 1.165) is 22.9 Å². The molecule has 2 N–H and O–H groups in total. The van der Waals surface area contributed by atoms with Crippen LogP contribution in [0, 0.1) is 11.6 Å². The molecule has 14 heteroatoms. The Morgan fingerprint density at radius 1 is 1.05 bits per heavy atom. The van der Waals surface area contributed by atoms with Crippen LogP contribution in [0.3, 0.4) is 0 Å². The van der Waals surface area contributed by atoms with Gasteiger partial charge < -0.3 is 10.6 Å². The van der Waals surface area contributed by atoms with Crippen LogP contribution < -0.4 is 10.6 Å². The third kappa shape index (κ3) is 5.36. The van der Waals surface area contributed by atoms with E-state index in [1.165, 1.54) is 25.2 Å². The number of hydrogen-bond acceptors (Lipinski definition) is 3. The van der Waals surface area contributed by atoms with Crippen molar-refractivity contribution < 1.29 is 40.3 Å². The zero-order valence-corrected chi connectivity index (χ0v) is 21.3. The summed E-state index contributed by atoms with van der Waals surface area (Å²) in [6.45, 7) is 0. The van der Waals surface area contributed by atoms with Crippen molar-refractivity contribution in [1.82, 2.24) is 15.1 Å². The number of nitrogens with one attached hydrogen (secondary N) is 2. The lowest BCUT2D eigenvalue weighted by atomic mass is 9.93. The van der Waals surface area contributed by atoms with Crippen LogP contribution in [0.5, 0.6) is 0 Å². The molecule has 0 aliphatic carbocycles. The van der Waals surface area contributed by atoms with E-state index in [4.69, 9.17) is 11.6 Å². The largest absolute Gasteiger partial charge is 0.416 e. The molecule has 0 saturated heterocycles. The Balaban J connectivity index is 1.68. The highest BCUT2D eigenvalue weighted by Gasteiger charge is 2.36. The Morgan fingerprint density at radius 3 is 2.44 bits per heavy atom. The zero-order valence-electron chi connectivity index (χ0n) is 20.6. The molecule has 212 valence electrons. The van der Waals surface area contributed by atoms with E-state index in [2.05, 4.69) is 15.7 Å². The quantitative estimate of drug-likeness (QED) is 0.242. The van der Waals surface area contributed by atoms with Crippen LogP contribution in [0.4, 0.5) is 36.4 Å². The minimum absolute atomic E-state index is 0.0547. The Morgan fingerprint density at radius 2 is 1.78 bits per heavy atom. The number of nitrogens with zero attached hydrogens (tertiary/aromatic N) is 2. The summed E-state index contributed by atoms with van der Waals surface area (Å²) < 4.78 is 95.7. The van der Waals surface area contributed by atoms with Gasteiger partial charge in [-0.15, -0.1) is 0 Å². The highest BCUT2D eigenvalue weighted by Crippen LogP contribution is 2.42. The first kappa shape index (κ1) is 28.1. The van der Waals surface area contributed by atoms with Gasteiger partial charge in [0.05, 0.1) is 17.3 Å². The molecule has 0 bridgehead atoms. The van der Waals surface area contributed by atoms with Gasteiger partial charge in [-0.1, -0.05) is 11.6 Å². The van der Waals surface area contributed by atoms with E-state index in [0.29, 0.717) is 12.1 Å². The average Bonchev–Trinajstić information content (AvgIpc) is 3.44. The fourth-order valence-corrected chi connectivity index (χ4v) is 4.83. The van der Waals surface area contributed by atoms with Crippen molar-refractivity contribution >= 4 is 29.1 Å². The van der Waals surface area contributed by atoms with Crippen LogP contribution in [-0.4, -0.2) is 21.6 Å². The lowest BCUT2D eigenvalue weighted by Gasteiger charge is -2.19. The molecule has 0 fully saturated rings. The van der Waals surface area contributed by atoms with Crippen molar-refractivity contribution in [3.63, 3.8) is 0 Å². The lowest BCUT2D eigenvalue weighted by molar-refractivity contribution is -0.137. The summed E-state index contributed by atoms with van der Waals surface area (Å²) in [7, 11) is 1.37. The number of benzene rings is 3. The van der Waals surface area contributed by atoms with Gasteiger partial charge in [-0.05, 0) is 54.6 Å². The molecule has 0 unspecified atom stereocenters. The van der Waals surface area contributed by atoms with E-state index in [9.17, 15) is 40.3 Å². The monoisotopic (exact) mass is 596 g/mol. The maximum Gasteiger partial charge on any atom is 0.416 e. The molecule has 0 spiro atoms. The van der Waals surface area contributed by atoms with Crippen LogP contribution in [0.25, 0.3) is 11.3 Å². The normalized spacial score (nSPS) is 14.8. The van der Waals surface area contributed by atoms with Gasteiger partial charge in [0.25, 0.3) is 18.2 Å². The smallest absolute Gasteiger partial charge is 0.341 e. The van der Waals surface area contributed by atoms with Crippen LogP contribution >= 0.6 is 11.6 Å². The first-order chi connectivity index (χ1) is 19.2. The number of amides is 2. The molecule has 41 heavy (non-hydrogen) atoms. The number of alkyl halides is 5. The van der Waals surface area contributed by atoms with Gasteiger partial charge in [-0.25, -0.2) is 17.6 Å². The highest BCUT2D eigenvalue weighted by atomic mass is 35.5. The molecule has 4 aromatic rings. The van der Waals surface area contributed by atoms with Gasteiger partial charge in [0, 0.05) is 45.6 Å². The number of hydrogen-bond donors (Lipinski definition) is 2. The van der Waals surface area contributed by atoms with E-state index in [1.807, 2.05) is 0 Å². The second-order valence-electron chi connectivity index (χ2n) is 9.12. The number of anilines is 1. The fraction of sp³-hybridized carbons (Fsp3) is 0.148. The Bertz CT molecular complexity index is 1720. The topological polar surface area (TPSA) is 76.0 Å². The number of halogens is 8. The van der Waals surface area contributed by atoms with Crippen molar-refractivity contribution in [2.45, 2.75) is 18.6 Å². The minimum atomic E-state index is -4.95. The molecular weight excluding hydrogens is 581 g/mol. The molecule has 1 aliphatic heterocycles. The van der Waals surface area contributed by atoms with E-state index >= 15 is 0 Å². The minimum Gasteiger partial charge on any atom is -0.341 e. The van der Waals surface area contributed by atoms with E-state index in [-0.39, 0.29) is 44.7 Å². The molecule has 2 heterocycles. The van der Waals surface area contributed by atoms with Gasteiger partial charge in [0.2, 0.25) is 0 Å². The summed E-state index contributed by atoms with van der Waals surface area (Å²) in [6, 6.07) is 7.22. The maximum absolute atomic E-state index is 14.1. The lowest BCUT2D eigenvalue weighted by Crippen LogP contribution is -2.21. The Labute approximate surface area is 231 Å². The molecule has 5 rings (SSSR count). The van der Waals surface area contributed by atoms with Crippen LogP contribution in [0.1, 0.15) is 55.6 Å². The molecule has 3 aromatic carbocycles. The zero-order chi connectivity index (χ0) is 29.8. The van der Waals surface area contributed by atoms with E-state index in [1.54, 1.807) is 0 Å². The number of rotatable bonds is 5. The summed E-state index contributed by atoms with van der Waals surface area (Å²) in [5, 5.41) is 8.81. The molecule has 1 aromatic heterocycles. The molecule has 6 nitrogen and oxygen atoms in total. The molecule has 0 saturated carbocycles. The van der Waals surface area contributed by atoms with Gasteiger partial charge in [0.15, 0.2) is 0 Å². The summed E-state index contributed by atoms with van der Waals surface area (Å²) in [4.78, 5) is 26.2. The highest BCUT2D eigenvalue weighted by molar-refractivity contribution is 6.31. The van der Waals surface area contributed by atoms with Crippen molar-refractivity contribution in [1.29, 1.82) is 0 Å². The molecular formula is C27H16ClF7N4O2. The Kier molecular flexibility index (Phi) is 7.02. The molecule has 1 aliphatic rings. The predicted molar refractivity (Wildman–Crippen MR) is 134 cm³/mol. The van der Waals surface area contributed by atoms with Gasteiger partial charge in [-0.3, -0.25) is 14.3 Å². The van der Waals surface area contributed by atoms with Gasteiger partial charge >= 0.3 is 6.18 Å². The Hall–Kier alpha value is -4.39. The standard InChI is InChI=1S/C27H16ClF7N4O2/c1-39-21(10-20(38-39)24(31)32)11-6-17-22(23(37-26(17)41)16-9-14(29)2-3-18(16)28)19(7-11)36-25(40)12-4-13(27(33,34)35)8-15(30)5-12/h2-10,23-24H,1H3,(H,36,40)(H,37,41)/t23-/m1/s1.